The average Bonchev–Trinajstić information content (AvgIpc) is 3.08. The second-order valence-electron chi connectivity index (χ2n) is 5.56. The van der Waals surface area contributed by atoms with Crippen LogP contribution in [0.5, 0.6) is 0 Å². The zero-order chi connectivity index (χ0) is 15.0. The van der Waals surface area contributed by atoms with E-state index in [0.717, 1.165) is 16.7 Å². The predicted molar refractivity (Wildman–Crippen MR) is 81.9 cm³/mol. The normalized spacial score (nSPS) is 24.2. The molecule has 1 N–H and O–H groups in total. The van der Waals surface area contributed by atoms with Gasteiger partial charge in [-0.05, 0) is 17.7 Å². The van der Waals surface area contributed by atoms with Crippen LogP contribution in [0.3, 0.4) is 0 Å². The Morgan fingerprint density at radius 3 is 2.27 bits per heavy atom. The second-order valence-corrected chi connectivity index (χ2v) is 5.56. The SMILES string of the molecule is OC1(CC#Cc2ccccc2)c2ccccc2C12OCCO2. The molecule has 0 amide bonds. The number of rotatable bonds is 1. The summed E-state index contributed by atoms with van der Waals surface area (Å²) in [6.45, 7) is 0.978. The van der Waals surface area contributed by atoms with Crippen LogP contribution in [-0.4, -0.2) is 18.3 Å². The fourth-order valence-corrected chi connectivity index (χ4v) is 3.28. The lowest BCUT2D eigenvalue weighted by atomic mass is 9.66. The van der Waals surface area contributed by atoms with Gasteiger partial charge in [-0.1, -0.05) is 54.3 Å². The summed E-state index contributed by atoms with van der Waals surface area (Å²) in [4.78, 5) is 0. The lowest BCUT2D eigenvalue weighted by molar-refractivity contribution is -0.309. The molecule has 1 saturated heterocycles. The van der Waals surface area contributed by atoms with Gasteiger partial charge >= 0.3 is 0 Å². The summed E-state index contributed by atoms with van der Waals surface area (Å²) in [5.41, 5.74) is 1.48. The molecule has 0 bridgehead atoms. The first-order valence-electron chi connectivity index (χ1n) is 7.40. The number of fused-ring (bicyclic) bond motifs is 2. The van der Waals surface area contributed by atoms with E-state index in [2.05, 4.69) is 11.8 Å². The maximum absolute atomic E-state index is 11.1. The molecule has 2 aliphatic rings. The highest BCUT2D eigenvalue weighted by atomic mass is 16.8. The summed E-state index contributed by atoms with van der Waals surface area (Å²) in [5.74, 6) is 5.11. The molecular formula is C19H16O3. The minimum Gasteiger partial charge on any atom is -0.378 e. The van der Waals surface area contributed by atoms with Gasteiger partial charge in [0.25, 0.3) is 0 Å². The first kappa shape index (κ1) is 13.5. The highest BCUT2D eigenvalue weighted by Gasteiger charge is 2.66. The minimum atomic E-state index is -1.21. The number of benzene rings is 2. The van der Waals surface area contributed by atoms with Gasteiger partial charge in [-0.25, -0.2) is 0 Å². The van der Waals surface area contributed by atoms with Crippen molar-refractivity contribution in [3.05, 3.63) is 71.3 Å². The van der Waals surface area contributed by atoms with Gasteiger partial charge in [0, 0.05) is 17.5 Å². The summed E-state index contributed by atoms with van der Waals surface area (Å²) in [6.07, 6.45) is 0.277. The Balaban J connectivity index is 1.67. The van der Waals surface area contributed by atoms with Gasteiger partial charge in [-0.15, -0.1) is 0 Å². The van der Waals surface area contributed by atoms with E-state index in [1.165, 1.54) is 0 Å². The molecule has 1 aliphatic heterocycles. The van der Waals surface area contributed by atoms with Crippen LogP contribution in [0.25, 0.3) is 0 Å². The lowest BCUT2D eigenvalue weighted by Crippen LogP contribution is -2.59. The maximum Gasteiger partial charge on any atom is 0.230 e. The molecule has 3 nitrogen and oxygen atoms in total. The highest BCUT2D eigenvalue weighted by Crippen LogP contribution is 2.59. The monoisotopic (exact) mass is 292 g/mol. The molecule has 4 rings (SSSR count). The zero-order valence-electron chi connectivity index (χ0n) is 12.1. The Morgan fingerprint density at radius 1 is 0.909 bits per heavy atom. The quantitative estimate of drug-likeness (QED) is 0.821. The molecule has 2 aromatic carbocycles. The van der Waals surface area contributed by atoms with Gasteiger partial charge in [0.05, 0.1) is 13.2 Å². The van der Waals surface area contributed by atoms with Gasteiger partial charge < -0.3 is 14.6 Å². The van der Waals surface area contributed by atoms with Crippen LogP contribution >= 0.6 is 0 Å². The maximum atomic E-state index is 11.1. The van der Waals surface area contributed by atoms with Crippen molar-refractivity contribution in [1.29, 1.82) is 0 Å². The van der Waals surface area contributed by atoms with Gasteiger partial charge in [0.15, 0.2) is 5.60 Å². The first-order chi connectivity index (χ1) is 10.8. The Hall–Kier alpha value is -2.12. The molecule has 22 heavy (non-hydrogen) atoms. The van der Waals surface area contributed by atoms with Gasteiger partial charge in [-0.2, -0.15) is 0 Å². The molecular weight excluding hydrogens is 276 g/mol. The first-order valence-corrected chi connectivity index (χ1v) is 7.40. The Kier molecular flexibility index (Phi) is 3.05. The van der Waals surface area contributed by atoms with Crippen molar-refractivity contribution in [1.82, 2.24) is 0 Å². The van der Waals surface area contributed by atoms with E-state index in [9.17, 15) is 5.11 Å². The predicted octanol–water partition coefficient (Wildman–Crippen LogP) is 2.53. The Bertz CT molecular complexity index is 751. The van der Waals surface area contributed by atoms with Crippen molar-refractivity contribution in [2.75, 3.05) is 13.2 Å². The molecule has 1 spiro atoms. The van der Waals surface area contributed by atoms with E-state index < -0.39 is 11.4 Å². The third-order valence-corrected chi connectivity index (χ3v) is 4.32. The molecule has 1 heterocycles. The van der Waals surface area contributed by atoms with Gasteiger partial charge in [0.2, 0.25) is 5.79 Å². The van der Waals surface area contributed by atoms with E-state index in [0.29, 0.717) is 13.2 Å². The second kappa shape index (κ2) is 4.96. The van der Waals surface area contributed by atoms with Crippen LogP contribution in [0.15, 0.2) is 54.6 Å². The summed E-state index contributed by atoms with van der Waals surface area (Å²) in [6, 6.07) is 17.4. The number of hydrogen-bond acceptors (Lipinski definition) is 3. The Morgan fingerprint density at radius 2 is 1.55 bits per heavy atom. The van der Waals surface area contributed by atoms with E-state index in [1.807, 2.05) is 54.6 Å². The fourth-order valence-electron chi connectivity index (χ4n) is 3.28. The Labute approximate surface area is 129 Å². The minimum absolute atomic E-state index is 0.277. The van der Waals surface area contributed by atoms with Crippen molar-refractivity contribution in [3.8, 4) is 11.8 Å². The van der Waals surface area contributed by atoms with Crippen LogP contribution in [0.1, 0.15) is 23.1 Å². The molecule has 110 valence electrons. The summed E-state index contributed by atoms with van der Waals surface area (Å²) < 4.78 is 11.6. The molecule has 1 unspecified atom stereocenters. The van der Waals surface area contributed by atoms with Crippen molar-refractivity contribution in [2.45, 2.75) is 17.8 Å². The van der Waals surface area contributed by atoms with Crippen LogP contribution in [0, 0.1) is 11.8 Å². The van der Waals surface area contributed by atoms with Gasteiger partial charge in [-0.3, -0.25) is 0 Å². The summed E-state index contributed by atoms with van der Waals surface area (Å²) in [5, 5.41) is 11.1. The molecule has 1 atom stereocenters. The van der Waals surface area contributed by atoms with E-state index in [-0.39, 0.29) is 6.42 Å². The van der Waals surface area contributed by atoms with Gasteiger partial charge in [0.1, 0.15) is 0 Å². The van der Waals surface area contributed by atoms with Crippen molar-refractivity contribution < 1.29 is 14.6 Å². The van der Waals surface area contributed by atoms with E-state index >= 15 is 0 Å². The third kappa shape index (κ3) is 1.75. The summed E-state index contributed by atoms with van der Waals surface area (Å²) in [7, 11) is 0. The smallest absolute Gasteiger partial charge is 0.230 e. The lowest BCUT2D eigenvalue weighted by Gasteiger charge is -2.52. The number of aliphatic hydroxyl groups is 1. The van der Waals surface area contributed by atoms with Crippen LogP contribution in [-0.2, 0) is 20.9 Å². The molecule has 0 radical (unpaired) electrons. The highest BCUT2D eigenvalue weighted by molar-refractivity contribution is 5.50. The summed E-state index contributed by atoms with van der Waals surface area (Å²) >= 11 is 0. The number of hydrogen-bond donors (Lipinski definition) is 1. The van der Waals surface area contributed by atoms with Crippen molar-refractivity contribution in [3.63, 3.8) is 0 Å². The zero-order valence-corrected chi connectivity index (χ0v) is 12.1. The van der Waals surface area contributed by atoms with Crippen molar-refractivity contribution in [2.24, 2.45) is 0 Å². The van der Waals surface area contributed by atoms with E-state index in [1.54, 1.807) is 0 Å². The number of ether oxygens (including phenoxy) is 2. The molecule has 1 aliphatic carbocycles. The van der Waals surface area contributed by atoms with Crippen LogP contribution < -0.4 is 0 Å². The fraction of sp³-hybridized carbons (Fsp3) is 0.263. The third-order valence-electron chi connectivity index (χ3n) is 4.32. The largest absolute Gasteiger partial charge is 0.378 e. The van der Waals surface area contributed by atoms with Crippen molar-refractivity contribution >= 4 is 0 Å². The molecule has 2 aromatic rings. The average molecular weight is 292 g/mol. The van der Waals surface area contributed by atoms with Crippen LogP contribution in [0.2, 0.25) is 0 Å². The molecule has 0 aromatic heterocycles. The molecule has 1 fully saturated rings. The standard InChI is InChI=1S/C19H16O3/c20-18(12-6-9-15-7-2-1-3-8-15)16-10-4-5-11-17(16)19(18)21-13-14-22-19/h1-5,7-8,10-11,20H,12-14H2. The van der Waals surface area contributed by atoms with E-state index in [4.69, 9.17) is 9.47 Å². The topological polar surface area (TPSA) is 38.7 Å². The molecule has 3 heteroatoms. The molecule has 0 saturated carbocycles. The van der Waals surface area contributed by atoms with Crippen LogP contribution in [0.4, 0.5) is 0 Å².